The Kier molecular flexibility index (Phi) is 7.70. The molecule has 0 radical (unpaired) electrons. The lowest BCUT2D eigenvalue weighted by atomic mass is 9.87. The number of ether oxygens (including phenoxy) is 2. The van der Waals surface area contributed by atoms with E-state index in [1.165, 1.54) is 0 Å². The van der Waals surface area contributed by atoms with Gasteiger partial charge in [0, 0.05) is 6.42 Å². The van der Waals surface area contributed by atoms with Gasteiger partial charge in [-0.15, -0.1) is 0 Å². The second-order valence-corrected chi connectivity index (χ2v) is 9.37. The molecule has 1 unspecified atom stereocenters. The Morgan fingerprint density at radius 1 is 0.857 bits per heavy atom. The van der Waals surface area contributed by atoms with Crippen LogP contribution >= 0.6 is 0 Å². The molecule has 2 aliphatic heterocycles. The lowest BCUT2D eigenvalue weighted by Gasteiger charge is -2.40. The molecule has 0 spiro atoms. The average molecular weight is 489 g/mol. The van der Waals surface area contributed by atoms with E-state index in [9.17, 15) is 35.4 Å². The Morgan fingerprint density at radius 2 is 1.60 bits per heavy atom. The number of Topliss-reactive ketones (excluding diaryl/α,β-unsaturated/α-hetero) is 1. The van der Waals surface area contributed by atoms with E-state index in [2.05, 4.69) is 0 Å². The van der Waals surface area contributed by atoms with Crippen LogP contribution in [0.15, 0.2) is 36.4 Å². The number of ketones is 1. The van der Waals surface area contributed by atoms with Crippen LogP contribution in [0, 0.1) is 13.8 Å². The third-order valence-electron chi connectivity index (χ3n) is 6.94. The Bertz CT molecular complexity index is 1070. The SMILES string of the molecule is Cc1cc([C@H]2O[C@H](CO)CC(O)C2=O)ccc1-c1ccc([C@H]2O[C@H](CO)[C@@H](O)[C@H](O)[C@@H]2O)c(C)c1. The van der Waals surface area contributed by atoms with Crippen molar-refractivity contribution in [1.29, 1.82) is 0 Å². The highest BCUT2D eigenvalue weighted by molar-refractivity contribution is 5.89. The van der Waals surface area contributed by atoms with Crippen LogP contribution in [0.1, 0.15) is 40.9 Å². The Hall–Kier alpha value is -2.21. The summed E-state index contributed by atoms with van der Waals surface area (Å²) in [6.45, 7) is 2.97. The zero-order valence-electron chi connectivity index (χ0n) is 19.6. The number of benzene rings is 2. The van der Waals surface area contributed by atoms with Gasteiger partial charge in [0.1, 0.15) is 42.7 Å². The topological polar surface area (TPSA) is 157 Å². The molecule has 9 heteroatoms. The van der Waals surface area contributed by atoms with E-state index < -0.39 is 61.2 Å². The van der Waals surface area contributed by atoms with Gasteiger partial charge in [0.2, 0.25) is 0 Å². The predicted molar refractivity (Wildman–Crippen MR) is 124 cm³/mol. The summed E-state index contributed by atoms with van der Waals surface area (Å²) in [6, 6.07) is 11.0. The summed E-state index contributed by atoms with van der Waals surface area (Å²) in [5, 5.41) is 59.6. The van der Waals surface area contributed by atoms with Crippen molar-refractivity contribution in [2.24, 2.45) is 0 Å². The first-order valence-corrected chi connectivity index (χ1v) is 11.7. The fourth-order valence-corrected chi connectivity index (χ4v) is 4.91. The molecule has 0 saturated carbocycles. The largest absolute Gasteiger partial charge is 0.394 e. The highest BCUT2D eigenvalue weighted by atomic mass is 16.5. The summed E-state index contributed by atoms with van der Waals surface area (Å²) in [5.74, 6) is -0.429. The zero-order valence-corrected chi connectivity index (χ0v) is 19.6. The number of hydrogen-bond donors (Lipinski definition) is 6. The smallest absolute Gasteiger partial charge is 0.194 e. The summed E-state index contributed by atoms with van der Waals surface area (Å²) < 4.78 is 11.4. The number of rotatable bonds is 5. The fourth-order valence-electron chi connectivity index (χ4n) is 4.91. The van der Waals surface area contributed by atoms with Gasteiger partial charge in [-0.05, 0) is 47.2 Å². The van der Waals surface area contributed by atoms with Gasteiger partial charge in [0.25, 0.3) is 0 Å². The molecule has 0 aliphatic carbocycles. The maximum atomic E-state index is 12.5. The quantitative estimate of drug-likeness (QED) is 0.347. The molecule has 2 heterocycles. The molecule has 0 amide bonds. The third kappa shape index (κ3) is 4.91. The molecule has 2 fully saturated rings. The van der Waals surface area contributed by atoms with Crippen molar-refractivity contribution in [2.45, 2.75) is 69.1 Å². The third-order valence-corrected chi connectivity index (χ3v) is 6.94. The molecule has 190 valence electrons. The minimum Gasteiger partial charge on any atom is -0.394 e. The van der Waals surface area contributed by atoms with Crippen molar-refractivity contribution in [3.63, 3.8) is 0 Å². The maximum absolute atomic E-state index is 12.5. The highest BCUT2D eigenvalue weighted by Crippen LogP contribution is 2.37. The van der Waals surface area contributed by atoms with Crippen LogP contribution in [-0.4, -0.2) is 86.3 Å². The molecule has 2 aromatic rings. The van der Waals surface area contributed by atoms with Crippen molar-refractivity contribution < 1.29 is 44.9 Å². The molecule has 8 atom stereocenters. The zero-order chi connectivity index (χ0) is 25.4. The Morgan fingerprint density at radius 3 is 2.23 bits per heavy atom. The van der Waals surface area contributed by atoms with E-state index in [0.717, 1.165) is 22.3 Å². The molecule has 0 bridgehead atoms. The number of aliphatic hydroxyl groups excluding tert-OH is 6. The van der Waals surface area contributed by atoms with Gasteiger partial charge in [0.05, 0.1) is 19.3 Å². The average Bonchev–Trinajstić information content (AvgIpc) is 2.84. The second-order valence-electron chi connectivity index (χ2n) is 9.37. The number of carbonyl (C=O) groups excluding carboxylic acids is 1. The van der Waals surface area contributed by atoms with Crippen LogP contribution in [0.25, 0.3) is 11.1 Å². The number of carbonyl (C=O) groups is 1. The normalized spacial score (nSPS) is 33.7. The van der Waals surface area contributed by atoms with E-state index >= 15 is 0 Å². The molecular weight excluding hydrogens is 456 g/mol. The first-order valence-electron chi connectivity index (χ1n) is 11.7. The van der Waals surface area contributed by atoms with Crippen LogP contribution in [-0.2, 0) is 14.3 Å². The van der Waals surface area contributed by atoms with Gasteiger partial charge in [-0.25, -0.2) is 0 Å². The molecule has 2 saturated heterocycles. The number of aryl methyl sites for hydroxylation is 2. The van der Waals surface area contributed by atoms with E-state index in [1.807, 2.05) is 38.1 Å². The van der Waals surface area contributed by atoms with Crippen LogP contribution < -0.4 is 0 Å². The molecule has 6 N–H and O–H groups in total. The molecule has 9 nitrogen and oxygen atoms in total. The van der Waals surface area contributed by atoms with Crippen molar-refractivity contribution >= 4 is 5.78 Å². The molecule has 35 heavy (non-hydrogen) atoms. The number of aliphatic hydroxyl groups is 6. The molecular formula is C26H32O9. The predicted octanol–water partition coefficient (Wildman–Crippen LogP) is 0.238. The molecule has 0 aromatic heterocycles. The summed E-state index contributed by atoms with van der Waals surface area (Å²) in [7, 11) is 0. The molecule has 2 aliphatic rings. The van der Waals surface area contributed by atoms with Crippen LogP contribution in [0.3, 0.4) is 0 Å². The van der Waals surface area contributed by atoms with Crippen molar-refractivity contribution in [3.8, 4) is 11.1 Å². The summed E-state index contributed by atoms with van der Waals surface area (Å²) in [4.78, 5) is 12.5. The van der Waals surface area contributed by atoms with Gasteiger partial charge in [-0.2, -0.15) is 0 Å². The van der Waals surface area contributed by atoms with E-state index in [-0.39, 0.29) is 13.0 Å². The maximum Gasteiger partial charge on any atom is 0.194 e. The van der Waals surface area contributed by atoms with Crippen molar-refractivity contribution in [3.05, 3.63) is 58.7 Å². The van der Waals surface area contributed by atoms with Gasteiger partial charge < -0.3 is 40.1 Å². The van der Waals surface area contributed by atoms with Crippen molar-refractivity contribution in [1.82, 2.24) is 0 Å². The van der Waals surface area contributed by atoms with Gasteiger partial charge >= 0.3 is 0 Å². The Labute approximate surface area is 203 Å². The van der Waals surface area contributed by atoms with Gasteiger partial charge in [-0.1, -0.05) is 36.4 Å². The van der Waals surface area contributed by atoms with Gasteiger partial charge in [0.15, 0.2) is 5.78 Å². The van der Waals surface area contributed by atoms with E-state index in [0.29, 0.717) is 11.1 Å². The summed E-state index contributed by atoms with van der Waals surface area (Å²) in [6.07, 6.45) is -8.78. The standard InChI is InChI=1S/C26H32O9/c1-12-8-15(25-21(30)19(29)9-16(10-27)34-25)4-5-17(12)14-3-6-18(13(2)7-14)26-24(33)23(32)22(31)20(11-28)35-26/h3-8,16,19-20,22-29,31-33H,9-11H2,1-2H3/t16-,19?,20+,22+,23-,24-,25+,26+/m0/s1. The second kappa shape index (κ2) is 10.4. The van der Waals surface area contributed by atoms with Gasteiger partial charge in [-0.3, -0.25) is 4.79 Å². The fraction of sp³-hybridized carbons (Fsp3) is 0.500. The minimum atomic E-state index is -1.45. The highest BCUT2D eigenvalue weighted by Gasteiger charge is 2.44. The first kappa shape index (κ1) is 25.9. The van der Waals surface area contributed by atoms with Crippen LogP contribution in [0.4, 0.5) is 0 Å². The lowest BCUT2D eigenvalue weighted by molar-refractivity contribution is -0.231. The first-order chi connectivity index (χ1) is 16.7. The molecule has 4 rings (SSSR count). The van der Waals surface area contributed by atoms with E-state index in [4.69, 9.17) is 9.47 Å². The van der Waals surface area contributed by atoms with E-state index in [1.54, 1.807) is 12.1 Å². The van der Waals surface area contributed by atoms with Crippen molar-refractivity contribution in [2.75, 3.05) is 13.2 Å². The summed E-state index contributed by atoms with van der Waals surface area (Å²) in [5.41, 5.74) is 4.67. The lowest BCUT2D eigenvalue weighted by Crippen LogP contribution is -2.55. The monoisotopic (exact) mass is 488 g/mol. The van der Waals surface area contributed by atoms with Crippen LogP contribution in [0.5, 0.6) is 0 Å². The summed E-state index contributed by atoms with van der Waals surface area (Å²) >= 11 is 0. The minimum absolute atomic E-state index is 0.0724. The number of hydrogen-bond acceptors (Lipinski definition) is 9. The Balaban J connectivity index is 1.60. The molecule has 2 aromatic carbocycles. The van der Waals surface area contributed by atoms with Crippen LogP contribution in [0.2, 0.25) is 0 Å².